The molecule has 2 fully saturated rings. The molecule has 0 spiro atoms. The number of carbonyl (C=O) groups is 2. The van der Waals surface area contributed by atoms with E-state index in [1.165, 1.54) is 22.4 Å². The fourth-order valence-electron chi connectivity index (χ4n) is 6.32. The Kier molecular flexibility index (Phi) is 13.4. The molecular formula is C34H50N4O9. The van der Waals surface area contributed by atoms with Crippen molar-refractivity contribution in [1.29, 1.82) is 0 Å². The number of piperazine rings is 1. The van der Waals surface area contributed by atoms with Gasteiger partial charge in [-0.2, -0.15) is 0 Å². The summed E-state index contributed by atoms with van der Waals surface area (Å²) in [7, 11) is 2.20. The van der Waals surface area contributed by atoms with Gasteiger partial charge in [0.1, 0.15) is 18.3 Å². The third kappa shape index (κ3) is 9.41. The number of fused-ring (bicyclic) bond motifs is 1. The van der Waals surface area contributed by atoms with Crippen LogP contribution in [0.4, 0.5) is 11.4 Å². The van der Waals surface area contributed by atoms with Gasteiger partial charge in [0.25, 0.3) is 5.91 Å². The second kappa shape index (κ2) is 17.2. The van der Waals surface area contributed by atoms with Crippen molar-refractivity contribution in [2.24, 2.45) is 0 Å². The standard InChI is InChI=1S/C28H38N4O2.C6H12O7/c1-3-21-6-11-27(32-14-12-30(2)13-15-32)26-20-23(7-10-25(21)26)29-28(33)22-4-8-24(9-5-22)31-16-18-34-19-17-31;7-1-2(8)3(9)4(10)5(11)6(12)13/h4-6,8-9,11,23H,3,7,10,12-20H2,1-2H3,(H,29,33);2-5,7-11H,1H2,(H,12,13)/t23-;2-,3-,4+,5-/m11/s1. The summed E-state index contributed by atoms with van der Waals surface area (Å²) in [5.41, 5.74) is 7.74. The number of benzene rings is 2. The van der Waals surface area contributed by atoms with Gasteiger partial charge in [0.2, 0.25) is 0 Å². The van der Waals surface area contributed by atoms with Gasteiger partial charge >= 0.3 is 5.97 Å². The maximum Gasteiger partial charge on any atom is 0.335 e. The summed E-state index contributed by atoms with van der Waals surface area (Å²) < 4.78 is 5.45. The molecule has 13 nitrogen and oxygen atoms in total. The number of nitrogens with zero attached hydrogens (tertiary/aromatic N) is 3. The van der Waals surface area contributed by atoms with E-state index in [1.54, 1.807) is 0 Å². The summed E-state index contributed by atoms with van der Waals surface area (Å²) in [5, 5.41) is 55.2. The number of carbonyl (C=O) groups excluding carboxylic acids is 1. The van der Waals surface area contributed by atoms with E-state index < -0.39 is 37.0 Å². The van der Waals surface area contributed by atoms with E-state index in [0.717, 1.165) is 89.4 Å². The molecule has 5 rings (SSSR count). The molecule has 13 heteroatoms. The van der Waals surface area contributed by atoms with Crippen LogP contribution >= 0.6 is 0 Å². The maximum atomic E-state index is 13.1. The molecule has 0 radical (unpaired) electrons. The van der Waals surface area contributed by atoms with Gasteiger partial charge in [-0.05, 0) is 79.8 Å². The number of carboxylic acids is 1. The molecule has 2 aromatic carbocycles. The van der Waals surface area contributed by atoms with Gasteiger partial charge in [0.05, 0.1) is 19.8 Å². The average Bonchev–Trinajstić information content (AvgIpc) is 3.10. The van der Waals surface area contributed by atoms with Crippen LogP contribution in [0.1, 0.15) is 40.4 Å². The van der Waals surface area contributed by atoms with E-state index in [2.05, 4.69) is 58.3 Å². The Morgan fingerprint density at radius 2 is 1.55 bits per heavy atom. The first kappa shape index (κ1) is 36.5. The second-order valence-corrected chi connectivity index (χ2v) is 12.4. The van der Waals surface area contributed by atoms with Crippen molar-refractivity contribution in [1.82, 2.24) is 10.2 Å². The summed E-state index contributed by atoms with van der Waals surface area (Å²) >= 11 is 0. The number of hydrogen-bond donors (Lipinski definition) is 7. The fourth-order valence-corrected chi connectivity index (χ4v) is 6.32. The van der Waals surface area contributed by atoms with E-state index in [-0.39, 0.29) is 11.9 Å². The maximum absolute atomic E-state index is 13.1. The van der Waals surface area contributed by atoms with E-state index in [4.69, 9.17) is 35.4 Å². The van der Waals surface area contributed by atoms with Crippen LogP contribution in [0.5, 0.6) is 0 Å². The highest BCUT2D eigenvalue weighted by Gasteiger charge is 2.34. The Balaban J connectivity index is 0.000000328. The van der Waals surface area contributed by atoms with Crippen molar-refractivity contribution in [3.05, 3.63) is 58.7 Å². The van der Waals surface area contributed by atoms with Crippen LogP contribution in [-0.2, 0) is 28.8 Å². The second-order valence-electron chi connectivity index (χ2n) is 12.4. The van der Waals surface area contributed by atoms with Crippen LogP contribution in [-0.4, -0.2) is 144 Å². The zero-order chi connectivity index (χ0) is 34.1. The number of ether oxygens (including phenoxy) is 1. The number of amides is 1. The van der Waals surface area contributed by atoms with Crippen LogP contribution < -0.4 is 15.1 Å². The topological polar surface area (TPSA) is 186 Å². The highest BCUT2D eigenvalue weighted by Crippen LogP contribution is 2.34. The number of aryl methyl sites for hydroxylation is 1. The number of aliphatic carboxylic acids is 1. The summed E-state index contributed by atoms with van der Waals surface area (Å²) in [4.78, 5) is 30.5. The van der Waals surface area contributed by atoms with Crippen LogP contribution in [0.3, 0.4) is 0 Å². The quantitative estimate of drug-likeness (QED) is 0.176. The Labute approximate surface area is 276 Å². The van der Waals surface area contributed by atoms with E-state index in [0.29, 0.717) is 0 Å². The molecule has 260 valence electrons. The van der Waals surface area contributed by atoms with Crippen molar-refractivity contribution in [2.45, 2.75) is 63.1 Å². The molecule has 7 N–H and O–H groups in total. The lowest BCUT2D eigenvalue weighted by Gasteiger charge is -2.38. The minimum Gasteiger partial charge on any atom is -0.479 e. The number of rotatable bonds is 10. The Morgan fingerprint density at radius 3 is 2.15 bits per heavy atom. The number of aliphatic hydroxyl groups excluding tert-OH is 5. The molecule has 2 heterocycles. The first-order valence-electron chi connectivity index (χ1n) is 16.4. The van der Waals surface area contributed by atoms with Crippen LogP contribution in [0.2, 0.25) is 0 Å². The monoisotopic (exact) mass is 658 g/mol. The molecule has 0 bridgehead atoms. The minimum absolute atomic E-state index is 0.0368. The van der Waals surface area contributed by atoms with E-state index in [9.17, 15) is 9.59 Å². The van der Waals surface area contributed by atoms with Crippen molar-refractivity contribution in [2.75, 3.05) is 75.9 Å². The summed E-state index contributed by atoms with van der Waals surface area (Å²) in [6.45, 7) is 9.09. The molecular weight excluding hydrogens is 608 g/mol. The average molecular weight is 659 g/mol. The Morgan fingerprint density at radius 1 is 0.894 bits per heavy atom. The normalized spacial score (nSPS) is 21.0. The zero-order valence-corrected chi connectivity index (χ0v) is 27.3. The fraction of sp³-hybridized carbons (Fsp3) is 0.588. The first-order valence-corrected chi connectivity index (χ1v) is 16.4. The number of aliphatic hydroxyl groups is 5. The molecule has 2 aromatic rings. The summed E-state index contributed by atoms with van der Waals surface area (Å²) in [6, 6.07) is 12.9. The molecule has 0 aromatic heterocycles. The van der Waals surface area contributed by atoms with Crippen LogP contribution in [0.25, 0.3) is 0 Å². The lowest BCUT2D eigenvalue weighted by atomic mass is 9.83. The minimum atomic E-state index is -2.20. The molecule has 47 heavy (non-hydrogen) atoms. The molecule has 5 atom stereocenters. The molecule has 1 amide bonds. The van der Waals surface area contributed by atoms with Crippen molar-refractivity contribution < 1.29 is 45.0 Å². The molecule has 0 saturated carbocycles. The van der Waals surface area contributed by atoms with Crippen LogP contribution in [0.15, 0.2) is 36.4 Å². The van der Waals surface area contributed by atoms with Crippen molar-refractivity contribution in [3.63, 3.8) is 0 Å². The Bertz CT molecular complexity index is 1310. The predicted molar refractivity (Wildman–Crippen MR) is 177 cm³/mol. The number of anilines is 2. The highest BCUT2D eigenvalue weighted by molar-refractivity contribution is 5.94. The smallest absolute Gasteiger partial charge is 0.335 e. The SMILES string of the molecule is CCc1ccc(N2CCN(C)CC2)c2c1CC[C@@H](NC(=O)c1ccc(N3CCOCC3)cc1)C2.O=C(O)[C@H](O)[C@@H](O)[C@H](O)[C@H](O)CO. The van der Waals surface area contributed by atoms with E-state index >= 15 is 0 Å². The molecule has 2 aliphatic heterocycles. The lowest BCUT2D eigenvalue weighted by molar-refractivity contribution is -0.164. The van der Waals surface area contributed by atoms with Crippen LogP contribution in [0, 0.1) is 0 Å². The third-order valence-electron chi connectivity index (χ3n) is 9.27. The number of nitrogens with one attached hydrogen (secondary N) is 1. The molecule has 0 unspecified atom stereocenters. The number of morpholine rings is 1. The summed E-state index contributed by atoms with van der Waals surface area (Å²) in [6.07, 6.45) is -3.80. The number of carboxylic acid groups (broad SMARTS) is 1. The van der Waals surface area contributed by atoms with Gasteiger partial charge in [0, 0.05) is 62.2 Å². The third-order valence-corrected chi connectivity index (χ3v) is 9.27. The number of hydrogen-bond acceptors (Lipinski definition) is 11. The van der Waals surface area contributed by atoms with Gasteiger partial charge < -0.3 is 55.4 Å². The van der Waals surface area contributed by atoms with Crippen molar-refractivity contribution >= 4 is 23.3 Å². The van der Waals surface area contributed by atoms with Gasteiger partial charge in [-0.15, -0.1) is 0 Å². The first-order chi connectivity index (χ1) is 22.5. The molecule has 1 aliphatic carbocycles. The van der Waals surface area contributed by atoms with E-state index in [1.807, 2.05) is 12.1 Å². The van der Waals surface area contributed by atoms with Gasteiger partial charge in [-0.1, -0.05) is 13.0 Å². The summed E-state index contributed by atoms with van der Waals surface area (Å²) in [5.74, 6) is -1.69. The van der Waals surface area contributed by atoms with Gasteiger partial charge in [-0.3, -0.25) is 4.79 Å². The Hall–Kier alpha value is -3.30. The molecule has 2 saturated heterocycles. The van der Waals surface area contributed by atoms with Gasteiger partial charge in [-0.25, -0.2) is 4.79 Å². The zero-order valence-electron chi connectivity index (χ0n) is 27.3. The number of likely N-dealkylation sites (N-methyl/N-ethyl adjacent to an activating group) is 1. The van der Waals surface area contributed by atoms with Crippen molar-refractivity contribution in [3.8, 4) is 0 Å². The largest absolute Gasteiger partial charge is 0.479 e. The highest BCUT2D eigenvalue weighted by atomic mass is 16.5. The molecule has 3 aliphatic rings. The predicted octanol–water partition coefficient (Wildman–Crippen LogP) is -0.368. The van der Waals surface area contributed by atoms with Gasteiger partial charge in [0.15, 0.2) is 6.10 Å². The lowest BCUT2D eigenvalue weighted by Crippen LogP contribution is -2.48.